The molecule has 0 spiro atoms. The number of hydrogen-bond acceptors (Lipinski definition) is 4. The lowest BCUT2D eigenvalue weighted by Crippen LogP contribution is -2.50. The summed E-state index contributed by atoms with van der Waals surface area (Å²) in [5, 5.41) is 2.97. The maximum absolute atomic E-state index is 12.1. The van der Waals surface area contributed by atoms with Gasteiger partial charge in [-0.25, -0.2) is 0 Å². The average Bonchev–Trinajstić information content (AvgIpc) is 2.94. The SMILES string of the molecule is CC1CCN(CC(=O)NC(C)c2ccco2)C(CN)C1. The van der Waals surface area contributed by atoms with Crippen molar-refractivity contribution >= 4 is 5.91 Å². The minimum absolute atomic E-state index is 0.0295. The first-order chi connectivity index (χ1) is 9.60. The molecule has 0 radical (unpaired) electrons. The van der Waals surface area contributed by atoms with Crippen LogP contribution < -0.4 is 11.1 Å². The Morgan fingerprint density at radius 2 is 2.45 bits per heavy atom. The van der Waals surface area contributed by atoms with E-state index in [2.05, 4.69) is 17.1 Å². The fourth-order valence-corrected chi connectivity index (χ4v) is 2.83. The van der Waals surface area contributed by atoms with Crippen LogP contribution >= 0.6 is 0 Å². The first-order valence-electron chi connectivity index (χ1n) is 7.37. The summed E-state index contributed by atoms with van der Waals surface area (Å²) in [5.41, 5.74) is 5.82. The molecule has 1 amide bonds. The quantitative estimate of drug-likeness (QED) is 0.857. The highest BCUT2D eigenvalue weighted by Crippen LogP contribution is 2.21. The molecule has 1 aromatic heterocycles. The molecule has 20 heavy (non-hydrogen) atoms. The van der Waals surface area contributed by atoms with Crippen LogP contribution in [0.5, 0.6) is 0 Å². The Labute approximate surface area is 120 Å². The van der Waals surface area contributed by atoms with Gasteiger partial charge in [0.05, 0.1) is 18.8 Å². The van der Waals surface area contributed by atoms with Gasteiger partial charge in [0.2, 0.25) is 5.91 Å². The van der Waals surface area contributed by atoms with Crippen LogP contribution in [0.2, 0.25) is 0 Å². The highest BCUT2D eigenvalue weighted by Gasteiger charge is 2.27. The Morgan fingerprint density at radius 3 is 3.10 bits per heavy atom. The predicted octanol–water partition coefficient (Wildman–Crippen LogP) is 1.52. The van der Waals surface area contributed by atoms with Crippen LogP contribution in [0.1, 0.15) is 38.5 Å². The maximum atomic E-state index is 12.1. The molecule has 1 aliphatic heterocycles. The lowest BCUT2D eigenvalue weighted by atomic mass is 9.92. The molecule has 1 aromatic rings. The van der Waals surface area contributed by atoms with Crippen molar-refractivity contribution < 1.29 is 9.21 Å². The minimum Gasteiger partial charge on any atom is -0.467 e. The van der Waals surface area contributed by atoms with E-state index in [4.69, 9.17) is 10.2 Å². The lowest BCUT2D eigenvalue weighted by molar-refractivity contribution is -0.124. The Hall–Kier alpha value is -1.33. The van der Waals surface area contributed by atoms with Gasteiger partial charge in [-0.15, -0.1) is 0 Å². The minimum atomic E-state index is -0.0995. The van der Waals surface area contributed by atoms with Gasteiger partial charge >= 0.3 is 0 Å². The number of carbonyl (C=O) groups excluding carboxylic acids is 1. The van der Waals surface area contributed by atoms with Gasteiger partial charge in [-0.05, 0) is 44.4 Å². The fourth-order valence-electron chi connectivity index (χ4n) is 2.83. The molecule has 1 saturated heterocycles. The molecule has 5 nitrogen and oxygen atoms in total. The van der Waals surface area contributed by atoms with Gasteiger partial charge in [-0.1, -0.05) is 6.92 Å². The molecular weight excluding hydrogens is 254 g/mol. The highest BCUT2D eigenvalue weighted by molar-refractivity contribution is 5.78. The molecule has 0 saturated carbocycles. The van der Waals surface area contributed by atoms with Crippen molar-refractivity contribution in [3.8, 4) is 0 Å². The molecule has 2 rings (SSSR count). The van der Waals surface area contributed by atoms with Gasteiger partial charge in [0.1, 0.15) is 5.76 Å². The van der Waals surface area contributed by atoms with Crippen LogP contribution in [-0.4, -0.2) is 36.5 Å². The summed E-state index contributed by atoms with van der Waals surface area (Å²) in [7, 11) is 0. The van der Waals surface area contributed by atoms with Gasteiger partial charge in [0.15, 0.2) is 0 Å². The number of nitrogens with zero attached hydrogens (tertiary/aromatic N) is 1. The summed E-state index contributed by atoms with van der Waals surface area (Å²) in [6.45, 7) is 6.16. The zero-order chi connectivity index (χ0) is 14.5. The van der Waals surface area contributed by atoms with Crippen molar-refractivity contribution in [1.82, 2.24) is 10.2 Å². The summed E-state index contributed by atoms with van der Waals surface area (Å²) in [6, 6.07) is 3.92. The zero-order valence-electron chi connectivity index (χ0n) is 12.3. The van der Waals surface area contributed by atoms with Crippen LogP contribution in [0.25, 0.3) is 0 Å². The second-order valence-corrected chi connectivity index (χ2v) is 5.79. The Balaban J connectivity index is 1.84. The highest BCUT2D eigenvalue weighted by atomic mass is 16.3. The van der Waals surface area contributed by atoms with Gasteiger partial charge in [-0.3, -0.25) is 9.69 Å². The van der Waals surface area contributed by atoms with Crippen molar-refractivity contribution in [2.75, 3.05) is 19.6 Å². The molecule has 3 N–H and O–H groups in total. The molecule has 1 fully saturated rings. The largest absolute Gasteiger partial charge is 0.467 e. The third-order valence-electron chi connectivity index (χ3n) is 4.07. The predicted molar refractivity (Wildman–Crippen MR) is 78.1 cm³/mol. The Bertz CT molecular complexity index is 419. The van der Waals surface area contributed by atoms with Crippen molar-refractivity contribution in [1.29, 1.82) is 0 Å². The zero-order valence-corrected chi connectivity index (χ0v) is 12.3. The van der Waals surface area contributed by atoms with Crippen LogP contribution in [0.3, 0.4) is 0 Å². The first-order valence-corrected chi connectivity index (χ1v) is 7.37. The number of likely N-dealkylation sites (tertiary alicyclic amines) is 1. The third-order valence-corrected chi connectivity index (χ3v) is 4.07. The number of furan rings is 1. The molecule has 5 heteroatoms. The molecule has 3 atom stereocenters. The van der Waals surface area contributed by atoms with E-state index < -0.39 is 0 Å². The lowest BCUT2D eigenvalue weighted by Gasteiger charge is -2.37. The van der Waals surface area contributed by atoms with E-state index in [9.17, 15) is 4.79 Å². The van der Waals surface area contributed by atoms with E-state index in [0.29, 0.717) is 25.0 Å². The number of nitrogens with one attached hydrogen (secondary N) is 1. The van der Waals surface area contributed by atoms with Crippen molar-refractivity contribution in [3.63, 3.8) is 0 Å². The van der Waals surface area contributed by atoms with E-state index >= 15 is 0 Å². The number of hydrogen-bond donors (Lipinski definition) is 2. The number of piperidine rings is 1. The standard InChI is InChI=1S/C15H25N3O2/c1-11-5-6-18(13(8-11)9-16)10-15(19)17-12(2)14-4-3-7-20-14/h3-4,7,11-13H,5-6,8-10,16H2,1-2H3,(H,17,19). The maximum Gasteiger partial charge on any atom is 0.234 e. The van der Waals surface area contributed by atoms with Crippen molar-refractivity contribution in [2.45, 2.75) is 38.8 Å². The molecule has 0 aromatic carbocycles. The van der Waals surface area contributed by atoms with Crippen molar-refractivity contribution in [3.05, 3.63) is 24.2 Å². The Kier molecular flexibility index (Phi) is 5.20. The van der Waals surface area contributed by atoms with Gasteiger partial charge in [0, 0.05) is 12.6 Å². The second kappa shape index (κ2) is 6.90. The van der Waals surface area contributed by atoms with Gasteiger partial charge in [-0.2, -0.15) is 0 Å². The number of carbonyl (C=O) groups is 1. The average molecular weight is 279 g/mol. The van der Waals surface area contributed by atoms with Crippen LogP contribution in [0.4, 0.5) is 0 Å². The second-order valence-electron chi connectivity index (χ2n) is 5.79. The van der Waals surface area contributed by atoms with E-state index in [0.717, 1.165) is 25.1 Å². The van der Waals surface area contributed by atoms with E-state index in [-0.39, 0.29) is 11.9 Å². The normalized spacial score (nSPS) is 25.4. The number of nitrogens with two attached hydrogens (primary N) is 1. The van der Waals surface area contributed by atoms with Crippen LogP contribution in [0, 0.1) is 5.92 Å². The van der Waals surface area contributed by atoms with Gasteiger partial charge < -0.3 is 15.5 Å². The molecule has 0 bridgehead atoms. The van der Waals surface area contributed by atoms with Crippen LogP contribution in [-0.2, 0) is 4.79 Å². The summed E-state index contributed by atoms with van der Waals surface area (Å²) < 4.78 is 5.29. The van der Waals surface area contributed by atoms with Gasteiger partial charge in [0.25, 0.3) is 0 Å². The molecule has 112 valence electrons. The summed E-state index contributed by atoms with van der Waals surface area (Å²) in [6.07, 6.45) is 3.84. The first kappa shape index (κ1) is 15.1. The van der Waals surface area contributed by atoms with E-state index in [1.54, 1.807) is 6.26 Å². The summed E-state index contributed by atoms with van der Waals surface area (Å²) >= 11 is 0. The summed E-state index contributed by atoms with van der Waals surface area (Å²) in [5.74, 6) is 1.51. The van der Waals surface area contributed by atoms with E-state index in [1.807, 2.05) is 19.1 Å². The molecule has 2 heterocycles. The molecule has 1 aliphatic rings. The smallest absolute Gasteiger partial charge is 0.234 e. The fraction of sp³-hybridized carbons (Fsp3) is 0.667. The molecular formula is C15H25N3O2. The van der Waals surface area contributed by atoms with Crippen LogP contribution in [0.15, 0.2) is 22.8 Å². The van der Waals surface area contributed by atoms with Crippen molar-refractivity contribution in [2.24, 2.45) is 11.7 Å². The Morgan fingerprint density at radius 1 is 1.65 bits per heavy atom. The number of rotatable bonds is 5. The molecule has 3 unspecified atom stereocenters. The third kappa shape index (κ3) is 3.84. The monoisotopic (exact) mass is 279 g/mol. The van der Waals surface area contributed by atoms with E-state index in [1.165, 1.54) is 0 Å². The molecule has 0 aliphatic carbocycles. The topological polar surface area (TPSA) is 71.5 Å². The number of amides is 1. The summed E-state index contributed by atoms with van der Waals surface area (Å²) in [4.78, 5) is 14.3.